The largest absolute Gasteiger partial charge is 0.453 e. The zero-order chi connectivity index (χ0) is 22.8. The van der Waals surface area contributed by atoms with Crippen LogP contribution < -0.4 is 10.5 Å². The van der Waals surface area contributed by atoms with Gasteiger partial charge in [-0.1, -0.05) is 13.5 Å². The monoisotopic (exact) mass is 454 g/mol. The third kappa shape index (κ3) is 4.63. The van der Waals surface area contributed by atoms with E-state index in [1.54, 1.807) is 29.4 Å². The summed E-state index contributed by atoms with van der Waals surface area (Å²) in [5.74, 6) is -0.218. The Kier molecular flexibility index (Phi) is 6.20. The molecule has 0 bridgehead atoms. The molecule has 3 N–H and O–H groups in total. The van der Waals surface area contributed by atoms with Crippen molar-refractivity contribution in [3.05, 3.63) is 53.8 Å². The molecule has 1 fully saturated rings. The SMILES string of the molecule is C=C(N=CC(C)CN1CCC(O)C1=O)c1cc2nccc(Oc3ccc(N)cc3F)c2s1. The molecule has 1 saturated heterocycles. The van der Waals surface area contributed by atoms with Crippen molar-refractivity contribution in [2.45, 2.75) is 19.4 Å². The molecule has 0 spiro atoms. The Bertz CT molecular complexity index is 1210. The molecule has 1 aliphatic heterocycles. The molecule has 32 heavy (non-hydrogen) atoms. The molecule has 3 aromatic rings. The van der Waals surface area contributed by atoms with Gasteiger partial charge in [-0.2, -0.15) is 0 Å². The fraction of sp³-hybridized carbons (Fsp3) is 0.261. The maximum Gasteiger partial charge on any atom is 0.251 e. The molecule has 1 aliphatic rings. The van der Waals surface area contributed by atoms with E-state index in [9.17, 15) is 14.3 Å². The van der Waals surface area contributed by atoms with Crippen LogP contribution in [0.5, 0.6) is 11.5 Å². The van der Waals surface area contributed by atoms with Crippen molar-refractivity contribution in [2.24, 2.45) is 10.9 Å². The summed E-state index contributed by atoms with van der Waals surface area (Å²) in [6.45, 7) is 7.04. The molecule has 7 nitrogen and oxygen atoms in total. The number of likely N-dealkylation sites (tertiary alicyclic amines) is 1. The normalized spacial score (nSPS) is 17.4. The molecule has 0 aliphatic carbocycles. The number of fused-ring (bicyclic) bond motifs is 1. The highest BCUT2D eigenvalue weighted by Crippen LogP contribution is 2.38. The molecule has 0 saturated carbocycles. The summed E-state index contributed by atoms with van der Waals surface area (Å²) in [4.78, 5) is 23.1. The number of amides is 1. The highest BCUT2D eigenvalue weighted by Gasteiger charge is 2.30. The number of aliphatic hydroxyl groups excluding tert-OH is 1. The number of benzene rings is 1. The van der Waals surface area contributed by atoms with E-state index in [1.165, 1.54) is 23.5 Å². The average Bonchev–Trinajstić information content (AvgIpc) is 3.33. The molecule has 9 heteroatoms. The Labute approximate surface area is 188 Å². The second kappa shape index (κ2) is 9.05. The van der Waals surface area contributed by atoms with Crippen LogP contribution in [0.25, 0.3) is 15.9 Å². The number of nitrogens with two attached hydrogens (primary N) is 1. The molecule has 2 unspecified atom stereocenters. The second-order valence-corrected chi connectivity index (χ2v) is 8.77. The predicted molar refractivity (Wildman–Crippen MR) is 124 cm³/mol. The number of rotatable bonds is 7. The smallest absolute Gasteiger partial charge is 0.251 e. The number of thiophene rings is 1. The number of carbonyl (C=O) groups is 1. The number of anilines is 1. The van der Waals surface area contributed by atoms with E-state index in [0.717, 1.165) is 9.58 Å². The lowest BCUT2D eigenvalue weighted by Gasteiger charge is -2.18. The van der Waals surface area contributed by atoms with Crippen molar-refractivity contribution >= 4 is 45.1 Å². The van der Waals surface area contributed by atoms with Crippen molar-refractivity contribution in [3.8, 4) is 11.5 Å². The van der Waals surface area contributed by atoms with Gasteiger partial charge in [0.05, 0.1) is 20.8 Å². The summed E-state index contributed by atoms with van der Waals surface area (Å²) in [5, 5.41) is 9.58. The third-order valence-electron chi connectivity index (χ3n) is 5.10. The summed E-state index contributed by atoms with van der Waals surface area (Å²) in [6, 6.07) is 7.80. The number of carbonyl (C=O) groups excluding carboxylic acids is 1. The predicted octanol–water partition coefficient (Wildman–Crippen LogP) is 4.08. The van der Waals surface area contributed by atoms with Crippen molar-refractivity contribution in [2.75, 3.05) is 18.8 Å². The second-order valence-electron chi connectivity index (χ2n) is 7.72. The van der Waals surface area contributed by atoms with Crippen LogP contribution in [0.4, 0.5) is 10.1 Å². The Balaban J connectivity index is 1.48. The molecule has 3 heterocycles. The zero-order valence-corrected chi connectivity index (χ0v) is 18.3. The molecule has 4 rings (SSSR count). The van der Waals surface area contributed by atoms with Gasteiger partial charge in [0.15, 0.2) is 11.6 Å². The van der Waals surface area contributed by atoms with Crippen LogP contribution in [-0.2, 0) is 4.79 Å². The van der Waals surface area contributed by atoms with Crippen LogP contribution in [0.1, 0.15) is 18.2 Å². The summed E-state index contributed by atoms with van der Waals surface area (Å²) < 4.78 is 20.7. The minimum atomic E-state index is -0.890. The van der Waals surface area contributed by atoms with Crippen LogP contribution in [0.2, 0.25) is 0 Å². The number of ether oxygens (including phenoxy) is 1. The third-order valence-corrected chi connectivity index (χ3v) is 6.29. The molecule has 2 aromatic heterocycles. The number of aliphatic imine (C=N–C) groups is 1. The Hall–Kier alpha value is -3.30. The Morgan fingerprint density at radius 2 is 2.28 bits per heavy atom. The number of halogens is 1. The van der Waals surface area contributed by atoms with E-state index in [0.29, 0.717) is 42.2 Å². The van der Waals surface area contributed by atoms with Crippen LogP contribution in [0, 0.1) is 11.7 Å². The van der Waals surface area contributed by atoms with Gasteiger partial charge < -0.3 is 20.5 Å². The standard InChI is InChI=1S/C23H23FN4O3S/c1-13(12-28-8-6-18(29)23(28)30)11-27-14(2)21-10-17-22(32-21)20(5-7-26-17)31-19-4-3-15(25)9-16(19)24/h3-5,7,9-11,13,18,29H,2,6,8,12,25H2,1H3. The van der Waals surface area contributed by atoms with Crippen LogP contribution in [0.15, 0.2) is 48.1 Å². The number of pyridine rings is 1. The van der Waals surface area contributed by atoms with E-state index >= 15 is 0 Å². The van der Waals surface area contributed by atoms with E-state index in [4.69, 9.17) is 10.5 Å². The van der Waals surface area contributed by atoms with Gasteiger partial charge in [-0.3, -0.25) is 14.8 Å². The lowest BCUT2D eigenvalue weighted by Crippen LogP contribution is -2.33. The maximum atomic E-state index is 14.1. The fourth-order valence-corrected chi connectivity index (χ4v) is 4.42. The van der Waals surface area contributed by atoms with Gasteiger partial charge in [0.25, 0.3) is 5.91 Å². The van der Waals surface area contributed by atoms with Gasteiger partial charge in [0, 0.05) is 49.2 Å². The molecule has 0 radical (unpaired) electrons. The van der Waals surface area contributed by atoms with E-state index in [2.05, 4.69) is 16.6 Å². The molecule has 1 aromatic carbocycles. The van der Waals surface area contributed by atoms with Gasteiger partial charge in [0.2, 0.25) is 0 Å². The van der Waals surface area contributed by atoms with Gasteiger partial charge in [-0.25, -0.2) is 4.39 Å². The van der Waals surface area contributed by atoms with Crippen molar-refractivity contribution in [1.82, 2.24) is 9.88 Å². The van der Waals surface area contributed by atoms with Crippen molar-refractivity contribution in [3.63, 3.8) is 0 Å². The topological polar surface area (TPSA) is 101 Å². The van der Waals surface area contributed by atoms with Gasteiger partial charge in [0.1, 0.15) is 11.9 Å². The average molecular weight is 455 g/mol. The highest BCUT2D eigenvalue weighted by molar-refractivity contribution is 7.20. The van der Waals surface area contributed by atoms with Crippen molar-refractivity contribution in [1.29, 1.82) is 0 Å². The number of nitrogen functional groups attached to an aromatic ring is 1. The first-order valence-electron chi connectivity index (χ1n) is 10.1. The van der Waals surface area contributed by atoms with Gasteiger partial charge >= 0.3 is 0 Å². The molecule has 1 amide bonds. The minimum Gasteiger partial charge on any atom is -0.453 e. The summed E-state index contributed by atoms with van der Waals surface area (Å²) in [5.41, 5.74) is 7.17. The molecule has 2 atom stereocenters. The van der Waals surface area contributed by atoms with E-state index in [-0.39, 0.29) is 17.6 Å². The van der Waals surface area contributed by atoms with Gasteiger partial charge in [-0.05, 0) is 24.6 Å². The van der Waals surface area contributed by atoms with E-state index in [1.807, 2.05) is 13.0 Å². The minimum absolute atomic E-state index is 0.000824. The first-order valence-corrected chi connectivity index (χ1v) is 10.9. The number of aromatic nitrogens is 1. The Morgan fingerprint density at radius 3 is 3.00 bits per heavy atom. The molecule has 166 valence electrons. The van der Waals surface area contributed by atoms with E-state index < -0.39 is 11.9 Å². The highest BCUT2D eigenvalue weighted by atomic mass is 32.1. The number of hydrogen-bond acceptors (Lipinski definition) is 7. The summed E-state index contributed by atoms with van der Waals surface area (Å²) >= 11 is 1.40. The quantitative estimate of drug-likeness (QED) is 0.414. The molecular formula is C23H23FN4O3S. The zero-order valence-electron chi connectivity index (χ0n) is 17.5. The fourth-order valence-electron chi connectivity index (χ4n) is 3.44. The maximum absolute atomic E-state index is 14.1. The number of aliphatic hydroxyl groups is 1. The summed E-state index contributed by atoms with van der Waals surface area (Å²) in [6.07, 6.45) is 2.92. The number of hydrogen-bond donors (Lipinski definition) is 2. The number of nitrogens with zero attached hydrogens (tertiary/aromatic N) is 3. The lowest BCUT2D eigenvalue weighted by molar-refractivity contribution is -0.134. The first-order chi connectivity index (χ1) is 15.3. The molecular weight excluding hydrogens is 431 g/mol. The Morgan fingerprint density at radius 1 is 1.47 bits per heavy atom. The van der Waals surface area contributed by atoms with Crippen molar-refractivity contribution < 1.29 is 19.0 Å². The lowest BCUT2D eigenvalue weighted by atomic mass is 10.2. The van der Waals surface area contributed by atoms with Crippen LogP contribution in [0.3, 0.4) is 0 Å². The first kappa shape index (κ1) is 21.9. The van der Waals surface area contributed by atoms with Crippen LogP contribution in [-0.4, -0.2) is 46.3 Å². The van der Waals surface area contributed by atoms with Gasteiger partial charge in [-0.15, -0.1) is 11.3 Å². The van der Waals surface area contributed by atoms with Crippen LogP contribution >= 0.6 is 11.3 Å². The summed E-state index contributed by atoms with van der Waals surface area (Å²) in [7, 11) is 0.